The number of halogens is 3. The van der Waals surface area contributed by atoms with Crippen LogP contribution in [0.3, 0.4) is 0 Å². The van der Waals surface area contributed by atoms with Crippen LogP contribution in [0.2, 0.25) is 0 Å². The molecule has 2 N–H and O–H groups in total. The molecule has 0 saturated carbocycles. The molecule has 134 valence electrons. The molecule has 3 nitrogen and oxygen atoms in total. The van der Waals surface area contributed by atoms with Crippen molar-refractivity contribution in [3.8, 4) is 0 Å². The summed E-state index contributed by atoms with van der Waals surface area (Å²) in [6.07, 6.45) is -2.94. The van der Waals surface area contributed by atoms with Crippen LogP contribution in [0.5, 0.6) is 0 Å². The minimum atomic E-state index is -4.37. The summed E-state index contributed by atoms with van der Waals surface area (Å²) >= 11 is 2.38. The van der Waals surface area contributed by atoms with Crippen molar-refractivity contribution in [2.45, 2.75) is 11.9 Å². The zero-order valence-corrected chi connectivity index (χ0v) is 15.0. The zero-order valence-electron chi connectivity index (χ0n) is 13.4. The monoisotopic (exact) mass is 393 g/mol. The van der Waals surface area contributed by atoms with E-state index in [1.54, 1.807) is 12.1 Å². The van der Waals surface area contributed by atoms with Gasteiger partial charge in [-0.15, -0.1) is 16.4 Å². The second-order valence-corrected chi connectivity index (χ2v) is 7.20. The van der Waals surface area contributed by atoms with E-state index < -0.39 is 11.7 Å². The Bertz CT molecular complexity index is 947. The van der Waals surface area contributed by atoms with Gasteiger partial charge < -0.3 is 5.73 Å². The average molecular weight is 393 g/mol. The van der Waals surface area contributed by atoms with Gasteiger partial charge in [0, 0.05) is 26.8 Å². The minimum absolute atomic E-state index is 0.168. The fraction of sp³-hybridized carbons (Fsp3) is 0.111. The van der Waals surface area contributed by atoms with E-state index in [4.69, 9.17) is 5.73 Å². The number of alkyl halides is 3. The van der Waals surface area contributed by atoms with Crippen molar-refractivity contribution in [1.82, 2.24) is 0 Å². The van der Waals surface area contributed by atoms with Crippen LogP contribution in [0.15, 0.2) is 64.1 Å². The Morgan fingerprint density at radius 1 is 1.12 bits per heavy atom. The fourth-order valence-electron chi connectivity index (χ4n) is 2.31. The SMILES string of the molecule is NC(=NN=Cc1cccc2c(C(F)(F)F)csc12)SCc1ccccc1. The van der Waals surface area contributed by atoms with Gasteiger partial charge in [-0.25, -0.2) is 0 Å². The highest BCUT2D eigenvalue weighted by Crippen LogP contribution is 2.39. The van der Waals surface area contributed by atoms with E-state index in [9.17, 15) is 13.2 Å². The maximum absolute atomic E-state index is 13.0. The number of amidine groups is 1. The molecule has 3 rings (SSSR count). The van der Waals surface area contributed by atoms with Crippen LogP contribution in [0.1, 0.15) is 16.7 Å². The number of thioether (sulfide) groups is 1. The van der Waals surface area contributed by atoms with E-state index in [1.165, 1.54) is 24.0 Å². The standard InChI is InChI=1S/C18H14F3N3S2/c19-18(20,21)15-11-25-16-13(7-4-8-14(15)16)9-23-24-17(22)26-10-12-5-2-1-3-6-12/h1-9,11H,10H2,(H2,22,24). The maximum atomic E-state index is 13.0. The molecule has 0 amide bonds. The number of hydrogen-bond donors (Lipinski definition) is 1. The van der Waals surface area contributed by atoms with Gasteiger partial charge in [0.15, 0.2) is 5.17 Å². The van der Waals surface area contributed by atoms with Gasteiger partial charge in [-0.05, 0) is 5.56 Å². The third-order valence-corrected chi connectivity index (χ3v) is 5.42. The molecule has 0 spiro atoms. The minimum Gasteiger partial charge on any atom is -0.377 e. The summed E-state index contributed by atoms with van der Waals surface area (Å²) in [5.74, 6) is 0.668. The predicted octanol–water partition coefficient (Wildman–Crippen LogP) is 5.50. The van der Waals surface area contributed by atoms with Gasteiger partial charge in [-0.2, -0.15) is 18.3 Å². The summed E-state index contributed by atoms with van der Waals surface area (Å²) in [6.45, 7) is 0. The van der Waals surface area contributed by atoms with Crippen molar-refractivity contribution in [2.75, 3.05) is 0 Å². The lowest BCUT2D eigenvalue weighted by Gasteiger charge is -2.04. The molecular weight excluding hydrogens is 379 g/mol. The second-order valence-electron chi connectivity index (χ2n) is 5.33. The molecule has 8 heteroatoms. The van der Waals surface area contributed by atoms with Crippen LogP contribution in [-0.4, -0.2) is 11.4 Å². The van der Waals surface area contributed by atoms with Crippen molar-refractivity contribution in [3.05, 3.63) is 70.6 Å². The molecule has 2 aromatic carbocycles. The van der Waals surface area contributed by atoms with Crippen molar-refractivity contribution in [2.24, 2.45) is 15.9 Å². The first kappa shape index (κ1) is 18.5. The summed E-state index contributed by atoms with van der Waals surface area (Å²) < 4.78 is 39.5. The molecule has 0 atom stereocenters. The summed E-state index contributed by atoms with van der Waals surface area (Å²) in [6, 6.07) is 14.5. The molecule has 0 radical (unpaired) electrons. The van der Waals surface area contributed by atoms with Crippen LogP contribution in [0, 0.1) is 0 Å². The van der Waals surface area contributed by atoms with E-state index in [-0.39, 0.29) is 5.39 Å². The lowest BCUT2D eigenvalue weighted by atomic mass is 10.1. The molecule has 0 saturated heterocycles. The first-order chi connectivity index (χ1) is 12.4. The van der Waals surface area contributed by atoms with Gasteiger partial charge in [0.05, 0.1) is 11.8 Å². The van der Waals surface area contributed by atoms with Crippen molar-refractivity contribution < 1.29 is 13.2 Å². The number of nitrogens with zero attached hydrogens (tertiary/aromatic N) is 2. The summed E-state index contributed by atoms with van der Waals surface area (Å²) in [5.41, 5.74) is 6.87. The summed E-state index contributed by atoms with van der Waals surface area (Å²) in [7, 11) is 0. The van der Waals surface area contributed by atoms with Gasteiger partial charge >= 0.3 is 6.18 Å². The number of nitrogens with two attached hydrogens (primary N) is 1. The van der Waals surface area contributed by atoms with Gasteiger partial charge in [-0.1, -0.05) is 60.3 Å². The first-order valence-corrected chi connectivity index (χ1v) is 9.42. The molecule has 26 heavy (non-hydrogen) atoms. The topological polar surface area (TPSA) is 50.7 Å². The molecule has 1 aromatic heterocycles. The number of rotatable bonds is 4. The van der Waals surface area contributed by atoms with Crippen LogP contribution in [-0.2, 0) is 11.9 Å². The Labute approximate surface area is 156 Å². The van der Waals surface area contributed by atoms with Crippen LogP contribution >= 0.6 is 23.1 Å². The molecular formula is C18H14F3N3S2. The molecule has 0 fully saturated rings. The highest BCUT2D eigenvalue weighted by atomic mass is 32.2. The Morgan fingerprint density at radius 3 is 2.62 bits per heavy atom. The van der Waals surface area contributed by atoms with Gasteiger partial charge in [-0.3, -0.25) is 0 Å². The van der Waals surface area contributed by atoms with Crippen LogP contribution < -0.4 is 5.73 Å². The molecule has 3 aromatic rings. The average Bonchev–Trinajstić information content (AvgIpc) is 3.06. The summed E-state index contributed by atoms with van der Waals surface area (Å²) in [4.78, 5) is 0. The van der Waals surface area contributed by atoms with E-state index in [1.807, 2.05) is 30.3 Å². The van der Waals surface area contributed by atoms with Gasteiger partial charge in [0.1, 0.15) is 0 Å². The molecule has 0 unspecified atom stereocenters. The van der Waals surface area contributed by atoms with Crippen LogP contribution in [0.25, 0.3) is 10.1 Å². The molecule has 0 aliphatic rings. The van der Waals surface area contributed by atoms with Crippen molar-refractivity contribution in [1.29, 1.82) is 0 Å². The number of fused-ring (bicyclic) bond motifs is 1. The quantitative estimate of drug-likeness (QED) is 0.361. The second kappa shape index (κ2) is 7.92. The molecule has 0 aliphatic heterocycles. The maximum Gasteiger partial charge on any atom is 0.417 e. The number of hydrogen-bond acceptors (Lipinski definition) is 4. The lowest BCUT2D eigenvalue weighted by Crippen LogP contribution is -2.06. The van der Waals surface area contributed by atoms with Crippen LogP contribution in [0.4, 0.5) is 13.2 Å². The van der Waals surface area contributed by atoms with E-state index in [0.29, 0.717) is 21.2 Å². The molecule has 0 bridgehead atoms. The fourth-order valence-corrected chi connectivity index (χ4v) is 3.98. The van der Waals surface area contributed by atoms with E-state index >= 15 is 0 Å². The van der Waals surface area contributed by atoms with Gasteiger partial charge in [0.2, 0.25) is 0 Å². The normalized spacial score (nSPS) is 13.0. The Kier molecular flexibility index (Phi) is 5.63. The molecule has 0 aliphatic carbocycles. The van der Waals surface area contributed by atoms with Crippen molar-refractivity contribution in [3.63, 3.8) is 0 Å². The Morgan fingerprint density at radius 2 is 1.88 bits per heavy atom. The predicted molar refractivity (Wildman–Crippen MR) is 104 cm³/mol. The van der Waals surface area contributed by atoms with Crippen molar-refractivity contribution >= 4 is 44.6 Å². The number of benzene rings is 2. The third-order valence-electron chi connectivity index (χ3n) is 3.52. The number of thiophene rings is 1. The molecule has 1 heterocycles. The highest BCUT2D eigenvalue weighted by molar-refractivity contribution is 8.13. The largest absolute Gasteiger partial charge is 0.417 e. The smallest absolute Gasteiger partial charge is 0.377 e. The Balaban J connectivity index is 1.73. The summed E-state index contributed by atoms with van der Waals surface area (Å²) in [5, 5.41) is 9.40. The zero-order chi connectivity index (χ0) is 18.6. The Hall–Kier alpha value is -2.32. The lowest BCUT2D eigenvalue weighted by molar-refractivity contribution is -0.136. The van der Waals surface area contributed by atoms with E-state index in [0.717, 1.165) is 22.3 Å². The highest BCUT2D eigenvalue weighted by Gasteiger charge is 2.33. The van der Waals surface area contributed by atoms with E-state index in [2.05, 4.69) is 10.2 Å². The van der Waals surface area contributed by atoms with Gasteiger partial charge in [0.25, 0.3) is 0 Å². The third kappa shape index (κ3) is 4.44. The first-order valence-electron chi connectivity index (χ1n) is 7.56.